The van der Waals surface area contributed by atoms with Crippen molar-refractivity contribution in [1.82, 2.24) is 0 Å². The number of carbonyl (C=O) groups is 1. The van der Waals surface area contributed by atoms with Crippen molar-refractivity contribution in [2.45, 2.75) is 26.8 Å². The Hall–Kier alpha value is -1.13. The van der Waals surface area contributed by atoms with Crippen LogP contribution in [0.3, 0.4) is 0 Å². The average molecular weight is 274 g/mol. The van der Waals surface area contributed by atoms with Gasteiger partial charge in [0.25, 0.3) is 0 Å². The third kappa shape index (κ3) is 2.49. The molecule has 1 aromatic rings. The highest BCUT2D eigenvalue weighted by molar-refractivity contribution is 6.32. The lowest BCUT2D eigenvalue weighted by molar-refractivity contribution is -0.152. The van der Waals surface area contributed by atoms with Gasteiger partial charge in [0.1, 0.15) is 5.82 Å². The number of carbonyl (C=O) groups excluding carboxylic acids is 1. The lowest BCUT2D eigenvalue weighted by Crippen LogP contribution is -2.38. The summed E-state index contributed by atoms with van der Waals surface area (Å²) in [6, 6.07) is 1.99. The number of methoxy groups -OCH3 is 1. The van der Waals surface area contributed by atoms with E-state index in [4.69, 9.17) is 17.3 Å². The first-order valence-electron chi connectivity index (χ1n) is 5.52. The Bertz CT molecular complexity index is 474. The standard InChI is InChI=1S/C13H17ClFNO2/c1-7-5-6-8(15)9(10(7)14)11(16)13(2,3)12(17)18-4/h5-6,11H,16H2,1-4H3/t11-/m0/s1. The highest BCUT2D eigenvalue weighted by atomic mass is 35.5. The molecule has 1 atom stereocenters. The molecule has 1 rings (SSSR count). The fraction of sp³-hybridized carbons (Fsp3) is 0.462. The number of esters is 1. The minimum Gasteiger partial charge on any atom is -0.469 e. The zero-order valence-corrected chi connectivity index (χ0v) is 11.6. The van der Waals surface area contributed by atoms with Gasteiger partial charge in [0, 0.05) is 11.6 Å². The molecule has 0 radical (unpaired) electrons. The average Bonchev–Trinajstić information content (AvgIpc) is 2.33. The number of ether oxygens (including phenoxy) is 1. The smallest absolute Gasteiger partial charge is 0.313 e. The molecule has 0 heterocycles. The molecule has 0 saturated heterocycles. The van der Waals surface area contributed by atoms with Crippen molar-refractivity contribution >= 4 is 17.6 Å². The van der Waals surface area contributed by atoms with Crippen molar-refractivity contribution in [3.05, 3.63) is 34.1 Å². The van der Waals surface area contributed by atoms with E-state index in [0.717, 1.165) is 0 Å². The van der Waals surface area contributed by atoms with E-state index < -0.39 is 23.2 Å². The molecule has 0 aliphatic carbocycles. The molecule has 0 aliphatic heterocycles. The number of hydrogen-bond donors (Lipinski definition) is 1. The summed E-state index contributed by atoms with van der Waals surface area (Å²) in [5.41, 5.74) is 5.79. The maximum Gasteiger partial charge on any atom is 0.313 e. The first-order valence-corrected chi connectivity index (χ1v) is 5.89. The van der Waals surface area contributed by atoms with Gasteiger partial charge in [-0.05, 0) is 32.4 Å². The fourth-order valence-electron chi connectivity index (χ4n) is 1.71. The minimum absolute atomic E-state index is 0.145. The van der Waals surface area contributed by atoms with Crippen LogP contribution in [0.1, 0.15) is 31.0 Å². The van der Waals surface area contributed by atoms with E-state index in [2.05, 4.69) is 4.74 Å². The minimum atomic E-state index is -1.06. The van der Waals surface area contributed by atoms with Crippen LogP contribution in [0.2, 0.25) is 5.02 Å². The molecule has 18 heavy (non-hydrogen) atoms. The molecule has 0 spiro atoms. The summed E-state index contributed by atoms with van der Waals surface area (Å²) >= 11 is 6.08. The molecule has 100 valence electrons. The molecule has 3 nitrogen and oxygen atoms in total. The van der Waals surface area contributed by atoms with Crippen LogP contribution in [-0.2, 0) is 9.53 Å². The maximum absolute atomic E-state index is 13.9. The van der Waals surface area contributed by atoms with Crippen molar-refractivity contribution in [2.24, 2.45) is 11.1 Å². The summed E-state index contributed by atoms with van der Waals surface area (Å²) in [5.74, 6) is -1.03. The van der Waals surface area contributed by atoms with Crippen LogP contribution in [0, 0.1) is 18.2 Å². The summed E-state index contributed by atoms with van der Waals surface area (Å²) in [4.78, 5) is 11.7. The summed E-state index contributed by atoms with van der Waals surface area (Å²) < 4.78 is 18.5. The summed E-state index contributed by atoms with van der Waals surface area (Å²) in [6.45, 7) is 4.95. The van der Waals surface area contributed by atoms with Crippen LogP contribution in [0.25, 0.3) is 0 Å². The number of benzene rings is 1. The van der Waals surface area contributed by atoms with E-state index in [1.807, 2.05) is 0 Å². The van der Waals surface area contributed by atoms with Crippen molar-refractivity contribution in [1.29, 1.82) is 0 Å². The van der Waals surface area contributed by atoms with Crippen molar-refractivity contribution < 1.29 is 13.9 Å². The van der Waals surface area contributed by atoms with Gasteiger partial charge in [-0.25, -0.2) is 4.39 Å². The summed E-state index contributed by atoms with van der Waals surface area (Å²) in [5, 5.41) is 0.250. The second-order valence-electron chi connectivity index (χ2n) is 4.78. The summed E-state index contributed by atoms with van der Waals surface area (Å²) in [6.07, 6.45) is 0. The number of aryl methyl sites for hydroxylation is 1. The third-order valence-electron chi connectivity index (χ3n) is 3.12. The van der Waals surface area contributed by atoms with Crippen molar-refractivity contribution in [3.8, 4) is 0 Å². The van der Waals surface area contributed by atoms with E-state index >= 15 is 0 Å². The van der Waals surface area contributed by atoms with Gasteiger partial charge in [-0.15, -0.1) is 0 Å². The molecule has 0 saturated carbocycles. The second kappa shape index (κ2) is 5.24. The highest BCUT2D eigenvalue weighted by Gasteiger charge is 2.39. The number of nitrogens with two attached hydrogens (primary N) is 1. The van der Waals surface area contributed by atoms with Gasteiger partial charge in [-0.3, -0.25) is 4.79 Å². The van der Waals surface area contributed by atoms with Crippen LogP contribution in [0.4, 0.5) is 4.39 Å². The zero-order valence-electron chi connectivity index (χ0n) is 10.9. The van der Waals surface area contributed by atoms with Gasteiger partial charge in [0.2, 0.25) is 0 Å². The fourth-order valence-corrected chi connectivity index (χ4v) is 1.99. The van der Waals surface area contributed by atoms with E-state index in [1.54, 1.807) is 26.8 Å². The van der Waals surface area contributed by atoms with E-state index in [-0.39, 0.29) is 10.6 Å². The zero-order chi connectivity index (χ0) is 14.1. The topological polar surface area (TPSA) is 52.3 Å². The lowest BCUT2D eigenvalue weighted by atomic mass is 9.80. The molecule has 0 fully saturated rings. The molecule has 0 unspecified atom stereocenters. The van der Waals surface area contributed by atoms with Gasteiger partial charge in [-0.1, -0.05) is 17.7 Å². The largest absolute Gasteiger partial charge is 0.469 e. The van der Waals surface area contributed by atoms with Crippen molar-refractivity contribution in [2.75, 3.05) is 7.11 Å². The lowest BCUT2D eigenvalue weighted by Gasteiger charge is -2.30. The number of rotatable bonds is 3. The van der Waals surface area contributed by atoms with Gasteiger partial charge in [0.05, 0.1) is 17.5 Å². The Kier molecular flexibility index (Phi) is 4.35. The quantitative estimate of drug-likeness (QED) is 0.862. The van der Waals surface area contributed by atoms with Crippen LogP contribution >= 0.6 is 11.6 Å². The molecule has 0 aromatic heterocycles. The maximum atomic E-state index is 13.9. The SMILES string of the molecule is COC(=O)C(C)(C)[C@@H](N)c1c(F)ccc(C)c1Cl. The highest BCUT2D eigenvalue weighted by Crippen LogP contribution is 2.38. The Balaban J connectivity index is 3.31. The molecular formula is C13H17ClFNO2. The molecule has 0 bridgehead atoms. The first-order chi connectivity index (χ1) is 8.23. The third-order valence-corrected chi connectivity index (χ3v) is 3.62. The second-order valence-corrected chi connectivity index (χ2v) is 5.16. The van der Waals surface area contributed by atoms with E-state index in [9.17, 15) is 9.18 Å². The monoisotopic (exact) mass is 273 g/mol. The Morgan fingerprint density at radius 1 is 1.50 bits per heavy atom. The molecule has 0 aliphatic rings. The Morgan fingerprint density at radius 2 is 2.06 bits per heavy atom. The Morgan fingerprint density at radius 3 is 2.56 bits per heavy atom. The summed E-state index contributed by atoms with van der Waals surface area (Å²) in [7, 11) is 1.27. The number of hydrogen-bond acceptors (Lipinski definition) is 3. The molecule has 1 aromatic carbocycles. The van der Waals surface area contributed by atoms with Crippen molar-refractivity contribution in [3.63, 3.8) is 0 Å². The van der Waals surface area contributed by atoms with Gasteiger partial charge in [0.15, 0.2) is 0 Å². The normalized spacial score (nSPS) is 13.3. The van der Waals surface area contributed by atoms with Gasteiger partial charge < -0.3 is 10.5 Å². The molecule has 0 amide bonds. The molecular weight excluding hydrogens is 257 g/mol. The van der Waals surface area contributed by atoms with E-state index in [0.29, 0.717) is 5.56 Å². The molecule has 2 N–H and O–H groups in total. The predicted molar refractivity (Wildman–Crippen MR) is 68.9 cm³/mol. The van der Waals surface area contributed by atoms with Gasteiger partial charge >= 0.3 is 5.97 Å². The van der Waals surface area contributed by atoms with Crippen LogP contribution in [-0.4, -0.2) is 13.1 Å². The Labute approximate surface area is 111 Å². The van der Waals surface area contributed by atoms with Crippen LogP contribution < -0.4 is 5.73 Å². The van der Waals surface area contributed by atoms with Crippen LogP contribution in [0.15, 0.2) is 12.1 Å². The predicted octanol–water partition coefficient (Wildman–Crippen LogP) is 2.99. The van der Waals surface area contributed by atoms with Crippen LogP contribution in [0.5, 0.6) is 0 Å². The molecule has 5 heteroatoms. The number of halogens is 2. The van der Waals surface area contributed by atoms with E-state index in [1.165, 1.54) is 13.2 Å². The first kappa shape index (κ1) is 14.9. The van der Waals surface area contributed by atoms with Gasteiger partial charge in [-0.2, -0.15) is 0 Å².